The Balaban J connectivity index is 2.35. The average molecular weight is 265 g/mol. The second-order valence-electron chi connectivity index (χ2n) is 5.21. The number of rotatable bonds is 3. The van der Waals surface area contributed by atoms with Gasteiger partial charge < -0.3 is 9.64 Å². The summed E-state index contributed by atoms with van der Waals surface area (Å²) in [5.41, 5.74) is 1.40. The predicted molar refractivity (Wildman–Crippen MR) is 79.5 cm³/mol. The van der Waals surface area contributed by atoms with Crippen molar-refractivity contribution in [2.24, 2.45) is 0 Å². The van der Waals surface area contributed by atoms with Gasteiger partial charge in [0.2, 0.25) is 0 Å². The fourth-order valence-electron chi connectivity index (χ4n) is 2.86. The number of likely N-dealkylation sites (N-methyl/N-ethyl adjacent to an activating group) is 1. The Kier molecular flexibility index (Phi) is 4.23. The summed E-state index contributed by atoms with van der Waals surface area (Å²) >= 11 is 2.11. The Morgan fingerprint density at radius 3 is 2.89 bits per heavy atom. The van der Waals surface area contributed by atoms with Gasteiger partial charge in [-0.15, -0.1) is 11.8 Å². The van der Waals surface area contributed by atoms with Gasteiger partial charge in [-0.05, 0) is 31.2 Å². The highest BCUT2D eigenvalue weighted by molar-refractivity contribution is 8.00. The van der Waals surface area contributed by atoms with Crippen LogP contribution in [0.25, 0.3) is 0 Å². The molecule has 0 N–H and O–H groups in total. The number of hydrogen-bond acceptors (Lipinski definition) is 3. The smallest absolute Gasteiger partial charge is 0.119 e. The molecule has 1 heterocycles. The van der Waals surface area contributed by atoms with E-state index in [1.807, 2.05) is 6.07 Å². The van der Waals surface area contributed by atoms with Gasteiger partial charge >= 0.3 is 0 Å². The Labute approximate surface area is 115 Å². The van der Waals surface area contributed by atoms with E-state index in [4.69, 9.17) is 4.74 Å². The maximum Gasteiger partial charge on any atom is 0.119 e. The van der Waals surface area contributed by atoms with Crippen molar-refractivity contribution in [1.82, 2.24) is 4.90 Å². The summed E-state index contributed by atoms with van der Waals surface area (Å²) in [6, 6.07) is 8.56. The average Bonchev–Trinajstić information content (AvgIpc) is 2.37. The van der Waals surface area contributed by atoms with Crippen molar-refractivity contribution in [2.45, 2.75) is 30.3 Å². The number of benzene rings is 1. The van der Waals surface area contributed by atoms with Crippen molar-refractivity contribution < 1.29 is 4.74 Å². The molecule has 0 radical (unpaired) electrons. The lowest BCUT2D eigenvalue weighted by atomic mass is 9.94. The van der Waals surface area contributed by atoms with E-state index in [1.165, 1.54) is 12.1 Å². The predicted octanol–water partition coefficient (Wildman–Crippen LogP) is 3.37. The lowest BCUT2D eigenvalue weighted by Crippen LogP contribution is -2.45. The number of thioether (sulfide) groups is 1. The van der Waals surface area contributed by atoms with Crippen LogP contribution in [-0.2, 0) is 4.75 Å². The van der Waals surface area contributed by atoms with E-state index in [9.17, 15) is 0 Å². The normalized spacial score (nSPS) is 29.2. The zero-order chi connectivity index (χ0) is 13.2. The summed E-state index contributed by atoms with van der Waals surface area (Å²) in [5.74, 6) is 0.960. The first-order valence-corrected chi connectivity index (χ1v) is 7.48. The zero-order valence-corrected chi connectivity index (χ0v) is 12.6. The molecule has 18 heavy (non-hydrogen) atoms. The van der Waals surface area contributed by atoms with Gasteiger partial charge in [0, 0.05) is 18.3 Å². The van der Waals surface area contributed by atoms with Gasteiger partial charge in [-0.2, -0.15) is 0 Å². The molecule has 1 saturated heterocycles. The van der Waals surface area contributed by atoms with Gasteiger partial charge in [-0.1, -0.05) is 26.0 Å². The standard InChI is InChI=1S/C15H23NOS/c1-5-15(11-16(3)10-12(2)18-15)13-7-6-8-14(9-13)17-4/h6-9,12H,5,10-11H2,1-4H3/t12-,15?/m0/s1. The zero-order valence-electron chi connectivity index (χ0n) is 11.8. The molecule has 1 fully saturated rings. The van der Waals surface area contributed by atoms with Gasteiger partial charge in [0.15, 0.2) is 0 Å². The lowest BCUT2D eigenvalue weighted by molar-refractivity contribution is 0.278. The van der Waals surface area contributed by atoms with Crippen LogP contribution in [0.3, 0.4) is 0 Å². The molecular weight excluding hydrogens is 242 g/mol. The fourth-order valence-corrected chi connectivity index (χ4v) is 4.69. The van der Waals surface area contributed by atoms with Crippen LogP contribution in [0.5, 0.6) is 5.75 Å². The van der Waals surface area contributed by atoms with Crippen molar-refractivity contribution >= 4 is 11.8 Å². The first-order valence-electron chi connectivity index (χ1n) is 6.60. The molecule has 0 aliphatic carbocycles. The topological polar surface area (TPSA) is 12.5 Å². The van der Waals surface area contributed by atoms with Crippen LogP contribution >= 0.6 is 11.8 Å². The summed E-state index contributed by atoms with van der Waals surface area (Å²) in [7, 11) is 3.96. The molecule has 1 aliphatic rings. The number of hydrogen-bond donors (Lipinski definition) is 0. The van der Waals surface area contributed by atoms with Gasteiger partial charge in [0.1, 0.15) is 5.75 Å². The van der Waals surface area contributed by atoms with Crippen molar-refractivity contribution in [2.75, 3.05) is 27.2 Å². The Morgan fingerprint density at radius 2 is 2.28 bits per heavy atom. The van der Waals surface area contributed by atoms with Crippen LogP contribution in [0.15, 0.2) is 24.3 Å². The molecule has 0 bridgehead atoms. The van der Waals surface area contributed by atoms with Gasteiger partial charge in [-0.25, -0.2) is 0 Å². The third-order valence-corrected chi connectivity index (χ3v) is 5.34. The summed E-state index contributed by atoms with van der Waals surface area (Å²) < 4.78 is 5.58. The Morgan fingerprint density at radius 1 is 1.50 bits per heavy atom. The molecule has 0 amide bonds. The Hall–Kier alpha value is -0.670. The molecule has 1 aromatic carbocycles. The highest BCUT2D eigenvalue weighted by Crippen LogP contribution is 2.46. The summed E-state index contributed by atoms with van der Waals surface area (Å²) in [4.78, 5) is 2.45. The lowest BCUT2D eigenvalue weighted by Gasteiger charge is -2.44. The largest absolute Gasteiger partial charge is 0.497 e. The van der Waals surface area contributed by atoms with Crippen molar-refractivity contribution in [1.29, 1.82) is 0 Å². The van der Waals surface area contributed by atoms with Crippen LogP contribution in [0.2, 0.25) is 0 Å². The molecule has 0 aromatic heterocycles. The summed E-state index contributed by atoms with van der Waals surface area (Å²) in [5, 5.41) is 0.676. The van der Waals surface area contributed by atoms with Crippen LogP contribution in [0, 0.1) is 0 Å². The number of methoxy groups -OCH3 is 1. The van der Waals surface area contributed by atoms with E-state index in [1.54, 1.807) is 7.11 Å². The highest BCUT2D eigenvalue weighted by atomic mass is 32.2. The van der Waals surface area contributed by atoms with Gasteiger partial charge in [0.25, 0.3) is 0 Å². The van der Waals surface area contributed by atoms with Crippen LogP contribution in [0.1, 0.15) is 25.8 Å². The van der Waals surface area contributed by atoms with Crippen LogP contribution < -0.4 is 4.74 Å². The molecule has 2 rings (SSSR count). The maximum absolute atomic E-state index is 5.37. The maximum atomic E-state index is 5.37. The minimum Gasteiger partial charge on any atom is -0.497 e. The van der Waals surface area contributed by atoms with Crippen LogP contribution in [0.4, 0.5) is 0 Å². The van der Waals surface area contributed by atoms with Gasteiger partial charge in [-0.3, -0.25) is 0 Å². The Bertz CT molecular complexity index is 397. The molecule has 1 unspecified atom stereocenters. The first kappa shape index (κ1) is 13.8. The van der Waals surface area contributed by atoms with E-state index < -0.39 is 0 Å². The third-order valence-electron chi connectivity index (χ3n) is 3.69. The molecule has 2 atom stereocenters. The second-order valence-corrected chi connectivity index (χ2v) is 7.03. The SMILES string of the molecule is CCC1(c2cccc(OC)c2)CN(C)C[C@H](C)S1. The van der Waals surface area contributed by atoms with Crippen molar-refractivity contribution in [3.05, 3.63) is 29.8 Å². The molecule has 1 aromatic rings. The third kappa shape index (κ3) is 2.67. The summed E-state index contributed by atoms with van der Waals surface area (Å²) in [6.45, 7) is 6.91. The minimum atomic E-state index is 0.209. The van der Waals surface area contributed by atoms with E-state index in [0.29, 0.717) is 5.25 Å². The van der Waals surface area contributed by atoms with Crippen LogP contribution in [-0.4, -0.2) is 37.4 Å². The molecule has 3 heteroatoms. The molecule has 0 spiro atoms. The van der Waals surface area contributed by atoms with Crippen molar-refractivity contribution in [3.63, 3.8) is 0 Å². The molecular formula is C15H23NOS. The first-order chi connectivity index (χ1) is 8.59. The molecule has 2 nitrogen and oxygen atoms in total. The minimum absolute atomic E-state index is 0.209. The molecule has 100 valence electrons. The van der Waals surface area contributed by atoms with Gasteiger partial charge in [0.05, 0.1) is 11.9 Å². The fraction of sp³-hybridized carbons (Fsp3) is 0.600. The highest BCUT2D eigenvalue weighted by Gasteiger charge is 2.38. The summed E-state index contributed by atoms with van der Waals surface area (Å²) in [6.07, 6.45) is 1.15. The van der Waals surface area contributed by atoms with E-state index >= 15 is 0 Å². The van der Waals surface area contributed by atoms with E-state index in [0.717, 1.165) is 18.7 Å². The molecule has 1 aliphatic heterocycles. The van der Waals surface area contributed by atoms with E-state index in [-0.39, 0.29) is 4.75 Å². The van der Waals surface area contributed by atoms with Crippen molar-refractivity contribution in [3.8, 4) is 5.75 Å². The monoisotopic (exact) mass is 265 g/mol. The van der Waals surface area contributed by atoms with E-state index in [2.05, 4.69) is 55.8 Å². The number of nitrogens with zero attached hydrogens (tertiary/aromatic N) is 1. The second kappa shape index (κ2) is 5.54. The number of ether oxygens (including phenoxy) is 1. The molecule has 0 saturated carbocycles. The quantitative estimate of drug-likeness (QED) is 0.831.